The van der Waals surface area contributed by atoms with Gasteiger partial charge in [0.1, 0.15) is 0 Å². The highest BCUT2D eigenvalue weighted by atomic mass is 15.4. The molecule has 0 radical (unpaired) electrons. The fourth-order valence-corrected chi connectivity index (χ4v) is 1.06. The van der Waals surface area contributed by atoms with E-state index in [-0.39, 0.29) is 0 Å². The zero-order valence-electron chi connectivity index (χ0n) is 6.94. The molecule has 2 N–H and O–H groups in total. The Kier molecular flexibility index (Phi) is 1.27. The van der Waals surface area contributed by atoms with Gasteiger partial charge in [0, 0.05) is 5.56 Å². The topological polar surface area (TPSA) is 69.1 Å². The molecule has 0 bridgehead atoms. The maximum absolute atomic E-state index is 5.52. The van der Waals surface area contributed by atoms with Gasteiger partial charge in [0.25, 0.3) is 0 Å². The Balaban J connectivity index is 2.93. The second-order valence-corrected chi connectivity index (χ2v) is 2.75. The Labute approximate surface area is 69.2 Å². The van der Waals surface area contributed by atoms with E-state index in [4.69, 9.17) is 5.73 Å². The number of anilines is 1. The number of fused-ring (bicyclic) bond motifs is 1. The van der Waals surface area contributed by atoms with Gasteiger partial charge in [0.2, 0.25) is 5.95 Å². The zero-order valence-corrected chi connectivity index (χ0v) is 6.94. The Morgan fingerprint density at radius 1 is 1.33 bits per heavy atom. The second kappa shape index (κ2) is 2.17. The molecule has 0 aliphatic rings. The van der Waals surface area contributed by atoms with Crippen molar-refractivity contribution in [1.82, 2.24) is 19.8 Å². The summed E-state index contributed by atoms with van der Waals surface area (Å²) < 4.78 is 1.53. The quantitative estimate of drug-likeness (QED) is 0.607. The number of nitrogens with two attached hydrogens (primary N) is 1. The number of nitrogens with zero attached hydrogens (tertiary/aromatic N) is 4. The standard InChI is InChI=1S/C7H9N5/c1-4-3-9-12-6(5(4)2)10-11-7(12)8/h3H,1-2H3,(H2,8,11). The van der Waals surface area contributed by atoms with Gasteiger partial charge in [-0.2, -0.15) is 9.61 Å². The first kappa shape index (κ1) is 7.02. The maximum Gasteiger partial charge on any atom is 0.243 e. The van der Waals surface area contributed by atoms with Crippen LogP contribution in [0.2, 0.25) is 0 Å². The molecule has 2 aromatic heterocycles. The van der Waals surface area contributed by atoms with Gasteiger partial charge >= 0.3 is 0 Å². The Morgan fingerprint density at radius 2 is 2.08 bits per heavy atom. The first-order valence-corrected chi connectivity index (χ1v) is 3.63. The number of hydrogen-bond donors (Lipinski definition) is 1. The van der Waals surface area contributed by atoms with Gasteiger partial charge in [0.15, 0.2) is 5.65 Å². The molecule has 0 saturated carbocycles. The van der Waals surface area contributed by atoms with Crippen LogP contribution < -0.4 is 5.73 Å². The van der Waals surface area contributed by atoms with Crippen molar-refractivity contribution in [3.63, 3.8) is 0 Å². The van der Waals surface area contributed by atoms with Gasteiger partial charge in [-0.3, -0.25) is 0 Å². The summed E-state index contributed by atoms with van der Waals surface area (Å²) in [5.41, 5.74) is 8.41. The van der Waals surface area contributed by atoms with Crippen LogP contribution in [0.3, 0.4) is 0 Å². The van der Waals surface area contributed by atoms with Gasteiger partial charge in [-0.05, 0) is 19.4 Å². The first-order chi connectivity index (χ1) is 5.70. The number of aromatic nitrogens is 4. The van der Waals surface area contributed by atoms with Gasteiger partial charge < -0.3 is 5.73 Å². The number of hydrogen-bond acceptors (Lipinski definition) is 4. The molecule has 0 amide bonds. The fourth-order valence-electron chi connectivity index (χ4n) is 1.06. The molecule has 0 saturated heterocycles. The summed E-state index contributed by atoms with van der Waals surface area (Å²) in [6.07, 6.45) is 1.75. The maximum atomic E-state index is 5.52. The van der Waals surface area contributed by atoms with E-state index in [0.29, 0.717) is 5.95 Å². The molecule has 0 fully saturated rings. The van der Waals surface area contributed by atoms with Crippen molar-refractivity contribution in [2.45, 2.75) is 13.8 Å². The van der Waals surface area contributed by atoms with Crippen LogP contribution in [-0.2, 0) is 0 Å². The third-order valence-corrected chi connectivity index (χ3v) is 1.96. The van der Waals surface area contributed by atoms with Crippen LogP contribution in [0.1, 0.15) is 11.1 Å². The first-order valence-electron chi connectivity index (χ1n) is 3.63. The molecule has 0 spiro atoms. The highest BCUT2D eigenvalue weighted by molar-refractivity contribution is 5.51. The molecule has 0 atom stereocenters. The summed E-state index contributed by atoms with van der Waals surface area (Å²) in [5.74, 6) is 0.327. The fraction of sp³-hybridized carbons (Fsp3) is 0.286. The van der Waals surface area contributed by atoms with Crippen LogP contribution in [-0.4, -0.2) is 19.8 Å². The second-order valence-electron chi connectivity index (χ2n) is 2.75. The summed E-state index contributed by atoms with van der Waals surface area (Å²) in [4.78, 5) is 0. The lowest BCUT2D eigenvalue weighted by Gasteiger charge is -1.99. The van der Waals surface area contributed by atoms with Crippen LogP contribution in [0.5, 0.6) is 0 Å². The monoisotopic (exact) mass is 163 g/mol. The van der Waals surface area contributed by atoms with Crippen molar-refractivity contribution in [2.75, 3.05) is 5.73 Å². The smallest absolute Gasteiger partial charge is 0.243 e. The number of aryl methyl sites for hydroxylation is 2. The SMILES string of the molecule is Cc1cnn2c(N)nnc2c1C. The molecule has 0 aromatic carbocycles. The highest BCUT2D eigenvalue weighted by Gasteiger charge is 2.06. The van der Waals surface area contributed by atoms with Crippen molar-refractivity contribution in [2.24, 2.45) is 0 Å². The van der Waals surface area contributed by atoms with E-state index in [1.54, 1.807) is 6.20 Å². The third kappa shape index (κ3) is 0.761. The van der Waals surface area contributed by atoms with Crippen LogP contribution in [0.25, 0.3) is 5.65 Å². The van der Waals surface area contributed by atoms with Crippen molar-refractivity contribution >= 4 is 11.6 Å². The molecule has 62 valence electrons. The molecule has 2 rings (SSSR count). The predicted molar refractivity (Wildman–Crippen MR) is 44.7 cm³/mol. The lowest BCUT2D eigenvalue weighted by atomic mass is 10.2. The zero-order chi connectivity index (χ0) is 8.72. The summed E-state index contributed by atoms with van der Waals surface area (Å²) in [5, 5.41) is 11.7. The van der Waals surface area contributed by atoms with Crippen molar-refractivity contribution < 1.29 is 0 Å². The average molecular weight is 163 g/mol. The summed E-state index contributed by atoms with van der Waals surface area (Å²) in [7, 11) is 0. The third-order valence-electron chi connectivity index (χ3n) is 1.96. The molecule has 12 heavy (non-hydrogen) atoms. The van der Waals surface area contributed by atoms with E-state index in [0.717, 1.165) is 16.8 Å². The van der Waals surface area contributed by atoms with E-state index >= 15 is 0 Å². The van der Waals surface area contributed by atoms with Crippen molar-refractivity contribution in [3.05, 3.63) is 17.3 Å². The van der Waals surface area contributed by atoms with Crippen LogP contribution in [0.15, 0.2) is 6.20 Å². The lowest BCUT2D eigenvalue weighted by Crippen LogP contribution is -2.00. The predicted octanol–water partition coefficient (Wildman–Crippen LogP) is 0.323. The minimum Gasteiger partial charge on any atom is -0.366 e. The summed E-state index contributed by atoms with van der Waals surface area (Å²) in [6, 6.07) is 0. The van der Waals surface area contributed by atoms with Crippen molar-refractivity contribution in [1.29, 1.82) is 0 Å². The van der Waals surface area contributed by atoms with E-state index in [9.17, 15) is 0 Å². The molecule has 0 aliphatic carbocycles. The minimum absolute atomic E-state index is 0.327. The lowest BCUT2D eigenvalue weighted by molar-refractivity contribution is 0.922. The van der Waals surface area contributed by atoms with E-state index in [1.807, 2.05) is 13.8 Å². The molecular formula is C7H9N5. The van der Waals surface area contributed by atoms with Gasteiger partial charge in [0.05, 0.1) is 6.20 Å². The van der Waals surface area contributed by atoms with Crippen LogP contribution in [0, 0.1) is 13.8 Å². The molecule has 5 nitrogen and oxygen atoms in total. The molecule has 2 heterocycles. The Morgan fingerprint density at radius 3 is 2.83 bits per heavy atom. The summed E-state index contributed by atoms with van der Waals surface area (Å²) in [6.45, 7) is 3.95. The molecule has 0 aliphatic heterocycles. The Bertz CT molecular complexity index is 431. The normalized spacial score (nSPS) is 10.8. The van der Waals surface area contributed by atoms with Crippen LogP contribution >= 0.6 is 0 Å². The van der Waals surface area contributed by atoms with Gasteiger partial charge in [-0.25, -0.2) is 0 Å². The minimum atomic E-state index is 0.327. The largest absolute Gasteiger partial charge is 0.366 e. The number of nitrogen functional groups attached to an aromatic ring is 1. The molecular weight excluding hydrogens is 154 g/mol. The molecule has 0 unspecified atom stereocenters. The molecule has 5 heteroatoms. The summed E-state index contributed by atoms with van der Waals surface area (Å²) >= 11 is 0. The number of rotatable bonds is 0. The molecule has 2 aromatic rings. The Hall–Kier alpha value is -1.65. The van der Waals surface area contributed by atoms with Gasteiger partial charge in [-0.1, -0.05) is 0 Å². The van der Waals surface area contributed by atoms with E-state index < -0.39 is 0 Å². The van der Waals surface area contributed by atoms with E-state index in [1.165, 1.54) is 4.52 Å². The van der Waals surface area contributed by atoms with Crippen LogP contribution in [0.4, 0.5) is 5.95 Å². The van der Waals surface area contributed by atoms with Crippen molar-refractivity contribution in [3.8, 4) is 0 Å². The highest BCUT2D eigenvalue weighted by Crippen LogP contribution is 2.11. The van der Waals surface area contributed by atoms with E-state index in [2.05, 4.69) is 15.3 Å². The van der Waals surface area contributed by atoms with Gasteiger partial charge in [-0.15, -0.1) is 10.2 Å². The average Bonchev–Trinajstić information content (AvgIpc) is 2.41.